The Kier molecular flexibility index (Phi) is 4.16. The largest absolute Gasteiger partial charge is 0.496 e. The van der Waals surface area contributed by atoms with Gasteiger partial charge in [0.05, 0.1) is 13.5 Å². The molecule has 0 aliphatic rings. The number of methoxy groups -OCH3 is 1. The van der Waals surface area contributed by atoms with Gasteiger partial charge in [-0.3, -0.25) is 4.79 Å². The fourth-order valence-electron chi connectivity index (χ4n) is 2.11. The van der Waals surface area contributed by atoms with E-state index >= 15 is 0 Å². The van der Waals surface area contributed by atoms with Gasteiger partial charge in [0, 0.05) is 11.0 Å². The number of rotatable bonds is 5. The third kappa shape index (κ3) is 2.99. The Morgan fingerprint density at radius 1 is 1.41 bits per heavy atom. The van der Waals surface area contributed by atoms with E-state index in [1.54, 1.807) is 7.11 Å². The Bertz CT molecular complexity index is 408. The highest BCUT2D eigenvalue weighted by molar-refractivity contribution is 5.69. The van der Waals surface area contributed by atoms with Gasteiger partial charge in [-0.1, -0.05) is 39.0 Å². The lowest BCUT2D eigenvalue weighted by Crippen LogP contribution is -2.22. The Morgan fingerprint density at radius 3 is 2.53 bits per heavy atom. The van der Waals surface area contributed by atoms with E-state index in [1.165, 1.54) is 0 Å². The van der Waals surface area contributed by atoms with Crippen molar-refractivity contribution in [1.82, 2.24) is 0 Å². The standard InChI is InChI=1S/C14H20O3/c1-5-10-7-6-8-11(13(10)17-4)14(2,3)9-12(15)16/h6-8H,5,9H2,1-4H3,(H,15,16). The van der Waals surface area contributed by atoms with Crippen molar-refractivity contribution in [3.8, 4) is 5.75 Å². The van der Waals surface area contributed by atoms with Crippen LogP contribution in [0.1, 0.15) is 38.3 Å². The Hall–Kier alpha value is -1.51. The molecular weight excluding hydrogens is 216 g/mol. The maximum atomic E-state index is 10.9. The molecule has 0 aliphatic heterocycles. The van der Waals surface area contributed by atoms with Crippen molar-refractivity contribution >= 4 is 5.97 Å². The van der Waals surface area contributed by atoms with E-state index in [9.17, 15) is 4.79 Å². The third-order valence-corrected chi connectivity index (χ3v) is 3.00. The first kappa shape index (κ1) is 13.6. The zero-order valence-electron chi connectivity index (χ0n) is 10.9. The number of hydrogen-bond donors (Lipinski definition) is 1. The molecule has 3 nitrogen and oxygen atoms in total. The summed E-state index contributed by atoms with van der Waals surface area (Å²) in [6, 6.07) is 5.92. The molecule has 0 aromatic heterocycles. The summed E-state index contributed by atoms with van der Waals surface area (Å²) in [7, 11) is 1.63. The summed E-state index contributed by atoms with van der Waals surface area (Å²) in [4.78, 5) is 10.9. The number of para-hydroxylation sites is 1. The minimum atomic E-state index is -0.793. The molecule has 94 valence electrons. The normalized spacial score (nSPS) is 11.3. The van der Waals surface area contributed by atoms with Crippen LogP contribution in [0.2, 0.25) is 0 Å². The molecular formula is C14H20O3. The molecule has 0 aliphatic carbocycles. The van der Waals surface area contributed by atoms with Gasteiger partial charge in [-0.05, 0) is 12.0 Å². The molecule has 0 saturated carbocycles. The van der Waals surface area contributed by atoms with E-state index in [-0.39, 0.29) is 6.42 Å². The average Bonchev–Trinajstić information content (AvgIpc) is 2.26. The highest BCUT2D eigenvalue weighted by atomic mass is 16.5. The zero-order valence-corrected chi connectivity index (χ0v) is 10.9. The van der Waals surface area contributed by atoms with Gasteiger partial charge in [-0.15, -0.1) is 0 Å². The summed E-state index contributed by atoms with van der Waals surface area (Å²) in [5.41, 5.74) is 1.65. The second-order valence-corrected chi connectivity index (χ2v) is 4.81. The lowest BCUT2D eigenvalue weighted by molar-refractivity contribution is -0.138. The summed E-state index contributed by atoms with van der Waals surface area (Å²) in [5.74, 6) is 0.0280. The van der Waals surface area contributed by atoms with Crippen LogP contribution in [0.15, 0.2) is 18.2 Å². The smallest absolute Gasteiger partial charge is 0.304 e. The molecule has 1 N–H and O–H groups in total. The Morgan fingerprint density at radius 2 is 2.06 bits per heavy atom. The van der Waals surface area contributed by atoms with E-state index in [0.717, 1.165) is 23.3 Å². The molecule has 0 radical (unpaired) electrons. The second-order valence-electron chi connectivity index (χ2n) is 4.81. The van der Waals surface area contributed by atoms with Crippen molar-refractivity contribution in [2.75, 3.05) is 7.11 Å². The Labute approximate surface area is 102 Å². The number of hydrogen-bond acceptors (Lipinski definition) is 2. The predicted octanol–water partition coefficient (Wildman–Crippen LogP) is 3.01. The van der Waals surface area contributed by atoms with Gasteiger partial charge in [0.2, 0.25) is 0 Å². The second kappa shape index (κ2) is 5.21. The van der Waals surface area contributed by atoms with Crippen LogP contribution < -0.4 is 4.74 Å². The number of carboxylic acids is 1. The first-order valence-corrected chi connectivity index (χ1v) is 5.80. The number of aryl methyl sites for hydroxylation is 1. The monoisotopic (exact) mass is 236 g/mol. The number of aliphatic carboxylic acids is 1. The zero-order chi connectivity index (χ0) is 13.1. The van der Waals surface area contributed by atoms with Crippen LogP contribution >= 0.6 is 0 Å². The number of carboxylic acid groups (broad SMARTS) is 1. The van der Waals surface area contributed by atoms with Gasteiger partial charge in [-0.25, -0.2) is 0 Å². The van der Waals surface area contributed by atoms with Crippen LogP contribution in [-0.2, 0) is 16.6 Å². The maximum Gasteiger partial charge on any atom is 0.304 e. The highest BCUT2D eigenvalue weighted by Crippen LogP contribution is 2.36. The average molecular weight is 236 g/mol. The number of benzene rings is 1. The van der Waals surface area contributed by atoms with Crippen molar-refractivity contribution in [2.45, 2.75) is 39.0 Å². The van der Waals surface area contributed by atoms with E-state index in [0.29, 0.717) is 0 Å². The van der Waals surface area contributed by atoms with Crippen molar-refractivity contribution in [3.05, 3.63) is 29.3 Å². The van der Waals surface area contributed by atoms with Crippen molar-refractivity contribution in [1.29, 1.82) is 0 Å². The van der Waals surface area contributed by atoms with Gasteiger partial charge < -0.3 is 9.84 Å². The predicted molar refractivity (Wildman–Crippen MR) is 67.7 cm³/mol. The van der Waals surface area contributed by atoms with Crippen LogP contribution in [0.5, 0.6) is 5.75 Å². The number of ether oxygens (including phenoxy) is 1. The molecule has 0 atom stereocenters. The van der Waals surface area contributed by atoms with E-state index < -0.39 is 11.4 Å². The molecule has 0 saturated heterocycles. The lowest BCUT2D eigenvalue weighted by atomic mass is 9.80. The molecule has 17 heavy (non-hydrogen) atoms. The van der Waals surface area contributed by atoms with Crippen LogP contribution in [0.25, 0.3) is 0 Å². The van der Waals surface area contributed by atoms with Crippen molar-refractivity contribution in [2.24, 2.45) is 0 Å². The molecule has 1 aromatic rings. The minimum absolute atomic E-state index is 0.0938. The van der Waals surface area contributed by atoms with Gasteiger partial charge in [0.1, 0.15) is 5.75 Å². The van der Waals surface area contributed by atoms with Gasteiger partial charge >= 0.3 is 5.97 Å². The molecule has 0 amide bonds. The van der Waals surface area contributed by atoms with Crippen LogP contribution in [0.4, 0.5) is 0 Å². The summed E-state index contributed by atoms with van der Waals surface area (Å²) in [5, 5.41) is 8.96. The topological polar surface area (TPSA) is 46.5 Å². The molecule has 3 heteroatoms. The maximum absolute atomic E-state index is 10.9. The molecule has 0 heterocycles. The Balaban J connectivity index is 3.25. The molecule has 0 spiro atoms. The quantitative estimate of drug-likeness (QED) is 0.854. The summed E-state index contributed by atoms with van der Waals surface area (Å²) in [6.45, 7) is 5.92. The lowest BCUT2D eigenvalue weighted by Gasteiger charge is -2.26. The fraction of sp³-hybridized carbons (Fsp3) is 0.500. The fourth-order valence-corrected chi connectivity index (χ4v) is 2.11. The molecule has 0 bridgehead atoms. The number of carbonyl (C=O) groups is 1. The first-order valence-electron chi connectivity index (χ1n) is 5.80. The molecule has 0 fully saturated rings. The molecule has 1 rings (SSSR count). The van der Waals surface area contributed by atoms with Crippen LogP contribution in [0, 0.1) is 0 Å². The van der Waals surface area contributed by atoms with Gasteiger partial charge in [0.25, 0.3) is 0 Å². The summed E-state index contributed by atoms with van der Waals surface area (Å²) >= 11 is 0. The highest BCUT2D eigenvalue weighted by Gasteiger charge is 2.28. The summed E-state index contributed by atoms with van der Waals surface area (Å²) in [6.07, 6.45) is 0.969. The molecule has 0 unspecified atom stereocenters. The van der Waals surface area contributed by atoms with E-state index in [2.05, 4.69) is 6.92 Å². The third-order valence-electron chi connectivity index (χ3n) is 3.00. The van der Waals surface area contributed by atoms with Crippen molar-refractivity contribution < 1.29 is 14.6 Å². The summed E-state index contributed by atoms with van der Waals surface area (Å²) < 4.78 is 5.44. The van der Waals surface area contributed by atoms with Crippen LogP contribution in [-0.4, -0.2) is 18.2 Å². The SMILES string of the molecule is CCc1cccc(C(C)(C)CC(=O)O)c1OC. The van der Waals surface area contributed by atoms with Crippen LogP contribution in [0.3, 0.4) is 0 Å². The van der Waals surface area contributed by atoms with Gasteiger partial charge in [0.15, 0.2) is 0 Å². The molecule has 1 aromatic carbocycles. The van der Waals surface area contributed by atoms with Crippen molar-refractivity contribution in [3.63, 3.8) is 0 Å². The minimum Gasteiger partial charge on any atom is -0.496 e. The van der Waals surface area contributed by atoms with Gasteiger partial charge in [-0.2, -0.15) is 0 Å². The van der Waals surface area contributed by atoms with E-state index in [4.69, 9.17) is 9.84 Å². The van der Waals surface area contributed by atoms with E-state index in [1.807, 2.05) is 32.0 Å². The first-order chi connectivity index (χ1) is 7.92.